The molecule has 0 unspecified atom stereocenters. The third kappa shape index (κ3) is 3.26. The van der Waals surface area contributed by atoms with Crippen molar-refractivity contribution >= 4 is 37.7 Å². The molecule has 1 heterocycles. The summed E-state index contributed by atoms with van der Waals surface area (Å²) >= 11 is 6.63. The van der Waals surface area contributed by atoms with Crippen LogP contribution in [-0.2, 0) is 6.54 Å². The van der Waals surface area contributed by atoms with E-state index >= 15 is 0 Å². The first kappa shape index (κ1) is 13.4. The van der Waals surface area contributed by atoms with Gasteiger partial charge in [-0.25, -0.2) is 13.8 Å². The Kier molecular flexibility index (Phi) is 4.29. The molecule has 2 nitrogen and oxygen atoms in total. The van der Waals surface area contributed by atoms with E-state index in [4.69, 9.17) is 0 Å². The molecule has 0 radical (unpaired) electrons. The van der Waals surface area contributed by atoms with Crippen LogP contribution in [0.2, 0.25) is 0 Å². The van der Waals surface area contributed by atoms with Crippen molar-refractivity contribution in [2.45, 2.75) is 6.54 Å². The second kappa shape index (κ2) is 5.75. The van der Waals surface area contributed by atoms with Crippen LogP contribution in [-0.4, -0.2) is 4.98 Å². The SMILES string of the molecule is Fc1ccc(CNc2ncc(Br)cc2Br)c(F)c1. The molecule has 1 aromatic carbocycles. The van der Waals surface area contributed by atoms with E-state index in [2.05, 4.69) is 42.2 Å². The summed E-state index contributed by atoms with van der Waals surface area (Å²) in [5.74, 6) is -0.558. The fourth-order valence-electron chi connectivity index (χ4n) is 1.39. The van der Waals surface area contributed by atoms with Gasteiger partial charge >= 0.3 is 0 Å². The van der Waals surface area contributed by atoms with E-state index in [-0.39, 0.29) is 6.54 Å². The fraction of sp³-hybridized carbons (Fsp3) is 0.0833. The summed E-state index contributed by atoms with van der Waals surface area (Å²) in [6.07, 6.45) is 1.63. The van der Waals surface area contributed by atoms with Gasteiger partial charge in [-0.15, -0.1) is 0 Å². The highest BCUT2D eigenvalue weighted by Gasteiger charge is 2.06. The van der Waals surface area contributed by atoms with Gasteiger partial charge in [-0.3, -0.25) is 0 Å². The summed E-state index contributed by atoms with van der Waals surface area (Å²) in [6.45, 7) is 0.235. The molecule has 0 aliphatic carbocycles. The smallest absolute Gasteiger partial charge is 0.140 e. The average Bonchev–Trinajstić information content (AvgIpc) is 2.30. The lowest BCUT2D eigenvalue weighted by Crippen LogP contribution is -2.04. The molecular weight excluding hydrogens is 370 g/mol. The number of nitrogens with one attached hydrogen (secondary N) is 1. The Morgan fingerprint density at radius 1 is 1.17 bits per heavy atom. The van der Waals surface area contributed by atoms with E-state index < -0.39 is 11.6 Å². The van der Waals surface area contributed by atoms with E-state index in [1.54, 1.807) is 6.20 Å². The fourth-order valence-corrected chi connectivity index (χ4v) is 2.52. The minimum atomic E-state index is -0.584. The number of anilines is 1. The van der Waals surface area contributed by atoms with Crippen LogP contribution in [0.15, 0.2) is 39.4 Å². The first-order valence-corrected chi connectivity index (χ1v) is 6.63. The van der Waals surface area contributed by atoms with Gasteiger partial charge in [-0.2, -0.15) is 0 Å². The van der Waals surface area contributed by atoms with Gasteiger partial charge in [0, 0.05) is 28.8 Å². The summed E-state index contributed by atoms with van der Waals surface area (Å²) < 4.78 is 27.7. The monoisotopic (exact) mass is 376 g/mol. The Morgan fingerprint density at radius 2 is 1.94 bits per heavy atom. The number of benzene rings is 1. The highest BCUT2D eigenvalue weighted by molar-refractivity contribution is 9.11. The van der Waals surface area contributed by atoms with E-state index in [9.17, 15) is 8.78 Å². The van der Waals surface area contributed by atoms with Gasteiger partial charge in [0.25, 0.3) is 0 Å². The highest BCUT2D eigenvalue weighted by Crippen LogP contribution is 2.24. The number of hydrogen-bond acceptors (Lipinski definition) is 2. The van der Waals surface area contributed by atoms with Gasteiger partial charge in [0.05, 0.1) is 4.47 Å². The Morgan fingerprint density at radius 3 is 2.61 bits per heavy atom. The Labute approximate surface area is 120 Å². The summed E-state index contributed by atoms with van der Waals surface area (Å²) in [6, 6.07) is 5.33. The van der Waals surface area contributed by atoms with Gasteiger partial charge in [0.2, 0.25) is 0 Å². The molecule has 0 bridgehead atoms. The zero-order chi connectivity index (χ0) is 13.1. The molecule has 0 saturated heterocycles. The standard InChI is InChI=1S/C12H8Br2F2N2/c13-8-3-10(14)12(18-6-8)17-5-7-1-2-9(15)4-11(7)16/h1-4,6H,5H2,(H,17,18). The van der Waals surface area contributed by atoms with Gasteiger partial charge in [-0.05, 0) is 44.0 Å². The van der Waals surface area contributed by atoms with Crippen LogP contribution in [0.25, 0.3) is 0 Å². The van der Waals surface area contributed by atoms with E-state index in [1.807, 2.05) is 6.07 Å². The van der Waals surface area contributed by atoms with Crippen LogP contribution >= 0.6 is 31.9 Å². The zero-order valence-electron chi connectivity index (χ0n) is 9.05. The van der Waals surface area contributed by atoms with Crippen molar-refractivity contribution in [3.63, 3.8) is 0 Å². The topological polar surface area (TPSA) is 24.9 Å². The second-order valence-electron chi connectivity index (χ2n) is 3.57. The zero-order valence-corrected chi connectivity index (χ0v) is 12.2. The molecule has 6 heteroatoms. The molecule has 1 N–H and O–H groups in total. The molecule has 0 amide bonds. The first-order valence-electron chi connectivity index (χ1n) is 5.05. The largest absolute Gasteiger partial charge is 0.365 e. The molecule has 94 valence electrons. The maximum atomic E-state index is 13.4. The highest BCUT2D eigenvalue weighted by atomic mass is 79.9. The molecule has 2 rings (SSSR count). The summed E-state index contributed by atoms with van der Waals surface area (Å²) in [4.78, 5) is 4.14. The maximum Gasteiger partial charge on any atom is 0.140 e. The Balaban J connectivity index is 2.11. The predicted molar refractivity (Wildman–Crippen MR) is 73.3 cm³/mol. The van der Waals surface area contributed by atoms with E-state index in [0.29, 0.717) is 11.4 Å². The number of rotatable bonds is 3. The molecule has 0 saturated carbocycles. The third-order valence-corrected chi connectivity index (χ3v) is 3.31. The third-order valence-electron chi connectivity index (χ3n) is 2.27. The van der Waals surface area contributed by atoms with Crippen molar-refractivity contribution in [1.29, 1.82) is 0 Å². The van der Waals surface area contributed by atoms with Crippen molar-refractivity contribution in [3.05, 3.63) is 56.6 Å². The van der Waals surface area contributed by atoms with E-state index in [0.717, 1.165) is 15.0 Å². The molecule has 0 atom stereocenters. The minimum Gasteiger partial charge on any atom is -0.365 e. The molecule has 0 fully saturated rings. The van der Waals surface area contributed by atoms with E-state index in [1.165, 1.54) is 12.1 Å². The number of nitrogens with zero attached hydrogens (tertiary/aromatic N) is 1. The number of hydrogen-bond donors (Lipinski definition) is 1. The van der Waals surface area contributed by atoms with Crippen molar-refractivity contribution < 1.29 is 8.78 Å². The summed E-state index contributed by atoms with van der Waals surface area (Å²) in [5.41, 5.74) is 0.382. The average molecular weight is 378 g/mol. The minimum absolute atomic E-state index is 0.235. The second-order valence-corrected chi connectivity index (χ2v) is 5.34. The predicted octanol–water partition coefficient (Wildman–Crippen LogP) is 4.50. The van der Waals surface area contributed by atoms with Crippen LogP contribution in [0.5, 0.6) is 0 Å². The van der Waals surface area contributed by atoms with Gasteiger partial charge in [0.1, 0.15) is 17.5 Å². The molecule has 18 heavy (non-hydrogen) atoms. The molecule has 1 aromatic heterocycles. The maximum absolute atomic E-state index is 13.4. The van der Waals surface area contributed by atoms with Crippen molar-refractivity contribution in [3.8, 4) is 0 Å². The van der Waals surface area contributed by atoms with Crippen molar-refractivity contribution in [1.82, 2.24) is 4.98 Å². The Bertz CT molecular complexity index is 524. The molecular formula is C12H8Br2F2N2. The molecule has 2 aromatic rings. The molecule has 0 spiro atoms. The van der Waals surface area contributed by atoms with Crippen LogP contribution in [0.4, 0.5) is 14.6 Å². The summed E-state index contributed by atoms with van der Waals surface area (Å²) in [7, 11) is 0. The van der Waals surface area contributed by atoms with Crippen LogP contribution in [0, 0.1) is 11.6 Å². The van der Waals surface area contributed by atoms with Gasteiger partial charge in [-0.1, -0.05) is 6.07 Å². The van der Waals surface area contributed by atoms with Gasteiger partial charge < -0.3 is 5.32 Å². The molecule has 0 aliphatic heterocycles. The lowest BCUT2D eigenvalue weighted by atomic mass is 10.2. The number of halogens is 4. The van der Waals surface area contributed by atoms with Gasteiger partial charge in [0.15, 0.2) is 0 Å². The van der Waals surface area contributed by atoms with Crippen LogP contribution < -0.4 is 5.32 Å². The number of pyridine rings is 1. The van der Waals surface area contributed by atoms with Crippen molar-refractivity contribution in [2.75, 3.05) is 5.32 Å². The lowest BCUT2D eigenvalue weighted by molar-refractivity contribution is 0.574. The van der Waals surface area contributed by atoms with Crippen molar-refractivity contribution in [2.24, 2.45) is 0 Å². The number of aromatic nitrogens is 1. The molecule has 0 aliphatic rings. The lowest BCUT2D eigenvalue weighted by Gasteiger charge is -2.08. The summed E-state index contributed by atoms with van der Waals surface area (Å²) in [5, 5.41) is 2.98. The van der Waals surface area contributed by atoms with Crippen LogP contribution in [0.1, 0.15) is 5.56 Å². The Hall–Kier alpha value is -1.01. The van der Waals surface area contributed by atoms with Crippen LogP contribution in [0.3, 0.4) is 0 Å². The normalized spacial score (nSPS) is 10.4. The first-order chi connectivity index (χ1) is 8.56. The quantitative estimate of drug-likeness (QED) is 0.851.